The fraction of sp³-hybridized carbons (Fsp3) is 0.692. The molecule has 0 aromatic rings. The zero-order valence-electron chi connectivity index (χ0n) is 10.8. The summed E-state index contributed by atoms with van der Waals surface area (Å²) >= 11 is 0. The second-order valence-corrected chi connectivity index (χ2v) is 4.58. The third-order valence-electron chi connectivity index (χ3n) is 3.12. The fourth-order valence-electron chi connectivity index (χ4n) is 1.94. The van der Waals surface area contributed by atoms with Crippen molar-refractivity contribution in [3.63, 3.8) is 0 Å². The number of ether oxygens (including phenoxy) is 1. The standard InChI is InChI=1S/C13H20N2O4/c1-2-9-6-8-19-11(9)12(16)15-7-4-3-5-10(14)13(17)18/h1,9-11H,3-8,14H2,(H,15,16)(H,17,18)/t9?,10-,11?/m0/s1. The lowest BCUT2D eigenvalue weighted by Gasteiger charge is -2.14. The molecular formula is C13H20N2O4. The first kappa shape index (κ1) is 15.5. The molecule has 6 heteroatoms. The molecule has 0 spiro atoms. The molecule has 1 saturated heterocycles. The Morgan fingerprint density at radius 1 is 1.53 bits per heavy atom. The maximum Gasteiger partial charge on any atom is 0.320 e. The van der Waals surface area contributed by atoms with Crippen molar-refractivity contribution in [2.45, 2.75) is 37.8 Å². The van der Waals surface area contributed by atoms with Gasteiger partial charge >= 0.3 is 5.97 Å². The lowest BCUT2D eigenvalue weighted by atomic mass is 10.0. The van der Waals surface area contributed by atoms with Crippen LogP contribution in [0.5, 0.6) is 0 Å². The van der Waals surface area contributed by atoms with E-state index in [4.69, 9.17) is 22.0 Å². The average Bonchev–Trinajstić information content (AvgIpc) is 2.85. The van der Waals surface area contributed by atoms with Crippen LogP contribution >= 0.6 is 0 Å². The van der Waals surface area contributed by atoms with Gasteiger partial charge in [-0.05, 0) is 25.7 Å². The van der Waals surface area contributed by atoms with Crippen molar-refractivity contribution in [3.05, 3.63) is 0 Å². The molecule has 0 bridgehead atoms. The van der Waals surface area contributed by atoms with Crippen LogP contribution in [-0.4, -0.2) is 42.3 Å². The van der Waals surface area contributed by atoms with Crippen LogP contribution in [0.15, 0.2) is 0 Å². The molecule has 0 aromatic heterocycles. The van der Waals surface area contributed by atoms with E-state index in [2.05, 4.69) is 11.2 Å². The van der Waals surface area contributed by atoms with Gasteiger partial charge < -0.3 is 20.9 Å². The summed E-state index contributed by atoms with van der Waals surface area (Å²) in [5.41, 5.74) is 5.37. The van der Waals surface area contributed by atoms with E-state index in [-0.39, 0.29) is 11.8 Å². The molecule has 2 unspecified atom stereocenters. The van der Waals surface area contributed by atoms with Gasteiger partial charge in [0.05, 0.1) is 5.92 Å². The number of hydrogen-bond acceptors (Lipinski definition) is 4. The van der Waals surface area contributed by atoms with Gasteiger partial charge in [-0.3, -0.25) is 9.59 Å². The zero-order valence-corrected chi connectivity index (χ0v) is 10.8. The Kier molecular flexibility index (Phi) is 6.33. The highest BCUT2D eigenvalue weighted by atomic mass is 16.5. The van der Waals surface area contributed by atoms with Crippen molar-refractivity contribution in [3.8, 4) is 12.3 Å². The minimum Gasteiger partial charge on any atom is -0.480 e. The van der Waals surface area contributed by atoms with E-state index in [9.17, 15) is 9.59 Å². The number of nitrogens with one attached hydrogen (secondary N) is 1. The largest absolute Gasteiger partial charge is 0.480 e. The van der Waals surface area contributed by atoms with Gasteiger partial charge in [0, 0.05) is 13.2 Å². The summed E-state index contributed by atoms with van der Waals surface area (Å²) in [6.07, 6.45) is 7.21. The maximum atomic E-state index is 11.8. The summed E-state index contributed by atoms with van der Waals surface area (Å²) in [6.45, 7) is 0.989. The maximum absolute atomic E-state index is 11.8. The number of carbonyl (C=O) groups is 2. The molecule has 19 heavy (non-hydrogen) atoms. The molecule has 1 amide bonds. The molecular weight excluding hydrogens is 248 g/mol. The minimum absolute atomic E-state index is 0.152. The Hall–Kier alpha value is -1.58. The van der Waals surface area contributed by atoms with Gasteiger partial charge in [-0.2, -0.15) is 0 Å². The van der Waals surface area contributed by atoms with Crippen LogP contribution in [0.1, 0.15) is 25.7 Å². The van der Waals surface area contributed by atoms with E-state index in [1.807, 2.05) is 0 Å². The van der Waals surface area contributed by atoms with Crippen LogP contribution in [0, 0.1) is 18.3 Å². The van der Waals surface area contributed by atoms with Gasteiger partial charge in [-0.15, -0.1) is 6.42 Å². The number of terminal acetylenes is 1. The third kappa shape index (κ3) is 4.89. The van der Waals surface area contributed by atoms with Crippen molar-refractivity contribution in [2.75, 3.05) is 13.2 Å². The van der Waals surface area contributed by atoms with Gasteiger partial charge in [0.15, 0.2) is 0 Å². The molecule has 1 heterocycles. The molecule has 0 radical (unpaired) electrons. The molecule has 4 N–H and O–H groups in total. The molecule has 106 valence electrons. The number of amides is 1. The van der Waals surface area contributed by atoms with E-state index in [0.717, 1.165) is 0 Å². The Morgan fingerprint density at radius 2 is 2.26 bits per heavy atom. The Balaban J connectivity index is 2.14. The number of carboxylic acid groups (broad SMARTS) is 1. The Morgan fingerprint density at radius 3 is 2.89 bits per heavy atom. The Labute approximate surface area is 112 Å². The number of hydrogen-bond donors (Lipinski definition) is 3. The molecule has 1 aliphatic rings. The van der Waals surface area contributed by atoms with Gasteiger partial charge in [-0.1, -0.05) is 5.92 Å². The summed E-state index contributed by atoms with van der Waals surface area (Å²) in [7, 11) is 0. The smallest absolute Gasteiger partial charge is 0.320 e. The van der Waals surface area contributed by atoms with Crippen LogP contribution in [0.25, 0.3) is 0 Å². The van der Waals surface area contributed by atoms with Crippen LogP contribution < -0.4 is 11.1 Å². The Bertz CT molecular complexity index is 364. The molecule has 1 fully saturated rings. The second kappa shape index (κ2) is 7.77. The van der Waals surface area contributed by atoms with Crippen LogP contribution in [-0.2, 0) is 14.3 Å². The van der Waals surface area contributed by atoms with Gasteiger partial charge in [-0.25, -0.2) is 0 Å². The number of unbranched alkanes of at least 4 members (excludes halogenated alkanes) is 1. The van der Waals surface area contributed by atoms with Crippen molar-refractivity contribution in [2.24, 2.45) is 11.7 Å². The lowest BCUT2D eigenvalue weighted by Crippen LogP contribution is -2.38. The second-order valence-electron chi connectivity index (χ2n) is 4.58. The fourth-order valence-corrected chi connectivity index (χ4v) is 1.94. The van der Waals surface area contributed by atoms with Gasteiger partial charge in [0.25, 0.3) is 0 Å². The topological polar surface area (TPSA) is 102 Å². The van der Waals surface area contributed by atoms with E-state index in [1.165, 1.54) is 0 Å². The minimum atomic E-state index is -1.000. The first-order valence-electron chi connectivity index (χ1n) is 6.40. The summed E-state index contributed by atoms with van der Waals surface area (Å²) in [5, 5.41) is 11.3. The third-order valence-corrected chi connectivity index (χ3v) is 3.12. The monoisotopic (exact) mass is 268 g/mol. The van der Waals surface area contributed by atoms with Crippen LogP contribution in [0.4, 0.5) is 0 Å². The predicted molar refractivity (Wildman–Crippen MR) is 69.2 cm³/mol. The van der Waals surface area contributed by atoms with Gasteiger partial charge in [0.1, 0.15) is 12.1 Å². The van der Waals surface area contributed by atoms with E-state index >= 15 is 0 Å². The molecule has 1 rings (SSSR count). The van der Waals surface area contributed by atoms with Gasteiger partial charge in [0.2, 0.25) is 5.91 Å². The number of carbonyl (C=O) groups excluding carboxylic acids is 1. The summed E-state index contributed by atoms with van der Waals surface area (Å²) in [5.74, 6) is 1.21. The summed E-state index contributed by atoms with van der Waals surface area (Å²) in [6, 6.07) is -0.834. The SMILES string of the molecule is C#CC1CCOC1C(=O)NCCCC[C@H](N)C(=O)O. The van der Waals surface area contributed by atoms with Crippen molar-refractivity contribution < 1.29 is 19.4 Å². The van der Waals surface area contributed by atoms with Crippen molar-refractivity contribution >= 4 is 11.9 Å². The van der Waals surface area contributed by atoms with E-state index in [0.29, 0.717) is 38.8 Å². The van der Waals surface area contributed by atoms with E-state index in [1.54, 1.807) is 0 Å². The first-order valence-corrected chi connectivity index (χ1v) is 6.40. The normalized spacial score (nSPS) is 23.6. The zero-order chi connectivity index (χ0) is 14.3. The van der Waals surface area contributed by atoms with E-state index < -0.39 is 18.1 Å². The highest BCUT2D eigenvalue weighted by Crippen LogP contribution is 2.19. The molecule has 0 aromatic carbocycles. The number of aliphatic carboxylic acids is 1. The number of carboxylic acids is 1. The van der Waals surface area contributed by atoms with Crippen LogP contribution in [0.3, 0.4) is 0 Å². The molecule has 3 atom stereocenters. The van der Waals surface area contributed by atoms with Crippen molar-refractivity contribution in [1.82, 2.24) is 5.32 Å². The highest BCUT2D eigenvalue weighted by Gasteiger charge is 2.32. The summed E-state index contributed by atoms with van der Waals surface area (Å²) < 4.78 is 5.29. The van der Waals surface area contributed by atoms with Crippen LogP contribution in [0.2, 0.25) is 0 Å². The molecule has 1 aliphatic heterocycles. The first-order chi connectivity index (χ1) is 9.06. The van der Waals surface area contributed by atoms with Crippen molar-refractivity contribution in [1.29, 1.82) is 0 Å². The number of rotatable bonds is 7. The molecule has 6 nitrogen and oxygen atoms in total. The average molecular weight is 268 g/mol. The number of nitrogens with two attached hydrogens (primary N) is 1. The summed E-state index contributed by atoms with van der Waals surface area (Å²) in [4.78, 5) is 22.3. The quantitative estimate of drug-likeness (QED) is 0.435. The highest BCUT2D eigenvalue weighted by molar-refractivity contribution is 5.81. The molecule has 0 saturated carbocycles. The lowest BCUT2D eigenvalue weighted by molar-refractivity contribution is -0.138. The molecule has 0 aliphatic carbocycles. The predicted octanol–water partition coefficient (Wildman–Crippen LogP) is -0.277.